The van der Waals surface area contributed by atoms with Crippen LogP contribution in [0.25, 0.3) is 0 Å². The molecule has 5 nitrogen and oxygen atoms in total. The first-order chi connectivity index (χ1) is 9.81. The van der Waals surface area contributed by atoms with Crippen LogP contribution in [0.5, 0.6) is 5.88 Å². The summed E-state index contributed by atoms with van der Waals surface area (Å²) < 4.78 is 0. The van der Waals surface area contributed by atoms with Gasteiger partial charge < -0.3 is 15.4 Å². The normalized spacial score (nSPS) is 17.0. The number of H-pyrrole nitrogens is 1. The lowest BCUT2D eigenvalue weighted by Crippen LogP contribution is -2.17. The zero-order valence-corrected chi connectivity index (χ0v) is 12.2. The summed E-state index contributed by atoms with van der Waals surface area (Å²) in [4.78, 5) is 12.2. The number of aromatic hydroxyl groups is 1. The minimum atomic E-state index is 0.140. The number of nitrogens with one attached hydrogen (secondary N) is 2. The van der Waals surface area contributed by atoms with Crippen molar-refractivity contribution in [2.75, 3.05) is 5.32 Å². The van der Waals surface area contributed by atoms with Crippen molar-refractivity contribution in [3.63, 3.8) is 0 Å². The summed E-state index contributed by atoms with van der Waals surface area (Å²) in [5.74, 6) is 0.140. The van der Waals surface area contributed by atoms with Gasteiger partial charge in [-0.05, 0) is 12.8 Å². The van der Waals surface area contributed by atoms with E-state index >= 15 is 0 Å². The fraction of sp³-hybridized carbons (Fsp3) is 0.571. The van der Waals surface area contributed by atoms with Gasteiger partial charge in [-0.3, -0.25) is 0 Å². The van der Waals surface area contributed by atoms with Gasteiger partial charge in [0.15, 0.2) is 5.13 Å². The van der Waals surface area contributed by atoms with Crippen LogP contribution in [0.1, 0.15) is 49.1 Å². The molecule has 20 heavy (non-hydrogen) atoms. The van der Waals surface area contributed by atoms with Crippen molar-refractivity contribution in [3.05, 3.63) is 23.1 Å². The van der Waals surface area contributed by atoms with Crippen molar-refractivity contribution >= 4 is 16.5 Å². The lowest BCUT2D eigenvalue weighted by molar-refractivity contribution is 0.452. The average Bonchev–Trinajstić information content (AvgIpc) is 2.96. The van der Waals surface area contributed by atoms with Gasteiger partial charge in [-0.1, -0.05) is 37.0 Å². The topological polar surface area (TPSA) is 73.8 Å². The summed E-state index contributed by atoms with van der Waals surface area (Å²) in [6.45, 7) is 0. The van der Waals surface area contributed by atoms with Crippen LogP contribution in [0.4, 0.5) is 5.13 Å². The predicted molar refractivity (Wildman–Crippen MR) is 80.3 cm³/mol. The number of aromatic nitrogens is 3. The molecule has 0 atom stereocenters. The SMILES string of the molecule is Oc1nc(NC2CCCCCC2)sc1Cc1cnc[nH]1. The Morgan fingerprint density at radius 1 is 1.30 bits per heavy atom. The molecule has 2 aromatic heterocycles. The standard InChI is InChI=1S/C14H20N4OS/c19-13-12(7-11-8-15-9-16-11)20-14(18-13)17-10-5-3-1-2-4-6-10/h8-10,19H,1-7H2,(H,15,16)(H,17,18). The maximum absolute atomic E-state index is 9.94. The molecule has 3 rings (SSSR count). The first kappa shape index (κ1) is 13.4. The molecule has 108 valence electrons. The molecule has 0 spiro atoms. The quantitative estimate of drug-likeness (QED) is 0.756. The summed E-state index contributed by atoms with van der Waals surface area (Å²) in [7, 11) is 0. The third-order valence-corrected chi connectivity index (χ3v) is 4.74. The number of nitrogens with zero attached hydrogens (tertiary/aromatic N) is 2. The number of imidazole rings is 1. The van der Waals surface area contributed by atoms with E-state index in [1.807, 2.05) is 0 Å². The Labute approximate surface area is 122 Å². The van der Waals surface area contributed by atoms with Gasteiger partial charge in [0.05, 0.1) is 11.2 Å². The first-order valence-corrected chi connectivity index (χ1v) is 8.05. The van der Waals surface area contributed by atoms with Crippen molar-refractivity contribution in [2.24, 2.45) is 0 Å². The van der Waals surface area contributed by atoms with Crippen LogP contribution in [-0.2, 0) is 6.42 Å². The van der Waals surface area contributed by atoms with Crippen molar-refractivity contribution < 1.29 is 5.11 Å². The smallest absolute Gasteiger partial charge is 0.227 e. The highest BCUT2D eigenvalue weighted by molar-refractivity contribution is 7.15. The number of anilines is 1. The lowest BCUT2D eigenvalue weighted by atomic mass is 10.1. The molecular formula is C14H20N4OS. The highest BCUT2D eigenvalue weighted by Gasteiger charge is 2.16. The molecule has 0 saturated heterocycles. The molecule has 0 unspecified atom stereocenters. The van der Waals surface area contributed by atoms with Gasteiger partial charge in [0.1, 0.15) is 0 Å². The van der Waals surface area contributed by atoms with Crippen molar-refractivity contribution in [3.8, 4) is 5.88 Å². The largest absolute Gasteiger partial charge is 0.492 e. The summed E-state index contributed by atoms with van der Waals surface area (Å²) in [6.07, 6.45) is 11.7. The van der Waals surface area contributed by atoms with E-state index in [2.05, 4.69) is 20.3 Å². The van der Waals surface area contributed by atoms with Gasteiger partial charge in [0.2, 0.25) is 5.88 Å². The van der Waals surface area contributed by atoms with E-state index in [1.54, 1.807) is 12.5 Å². The van der Waals surface area contributed by atoms with E-state index in [0.717, 1.165) is 15.7 Å². The molecule has 1 saturated carbocycles. The molecule has 2 aromatic rings. The maximum Gasteiger partial charge on any atom is 0.227 e. The Morgan fingerprint density at radius 3 is 2.80 bits per heavy atom. The zero-order chi connectivity index (χ0) is 13.8. The molecule has 1 fully saturated rings. The molecule has 0 aromatic carbocycles. The van der Waals surface area contributed by atoms with E-state index < -0.39 is 0 Å². The highest BCUT2D eigenvalue weighted by Crippen LogP contribution is 2.31. The van der Waals surface area contributed by atoms with Crippen LogP contribution in [0.15, 0.2) is 12.5 Å². The van der Waals surface area contributed by atoms with Crippen LogP contribution < -0.4 is 5.32 Å². The second-order valence-corrected chi connectivity index (χ2v) is 6.44. The van der Waals surface area contributed by atoms with E-state index in [1.165, 1.54) is 49.9 Å². The van der Waals surface area contributed by atoms with Gasteiger partial charge in [0, 0.05) is 24.4 Å². The molecule has 0 bridgehead atoms. The van der Waals surface area contributed by atoms with Gasteiger partial charge in [-0.25, -0.2) is 4.98 Å². The van der Waals surface area contributed by atoms with Crippen LogP contribution in [0.2, 0.25) is 0 Å². The van der Waals surface area contributed by atoms with Crippen LogP contribution in [-0.4, -0.2) is 26.1 Å². The molecule has 1 aliphatic carbocycles. The van der Waals surface area contributed by atoms with E-state index in [0.29, 0.717) is 12.5 Å². The minimum absolute atomic E-state index is 0.140. The Kier molecular flexibility index (Phi) is 4.20. The average molecular weight is 292 g/mol. The number of hydrogen-bond acceptors (Lipinski definition) is 5. The second-order valence-electron chi connectivity index (χ2n) is 5.35. The maximum atomic E-state index is 9.94. The predicted octanol–water partition coefficient (Wildman–Crippen LogP) is 3.30. The minimum Gasteiger partial charge on any atom is -0.492 e. The van der Waals surface area contributed by atoms with Crippen LogP contribution >= 0.6 is 11.3 Å². The summed E-state index contributed by atoms with van der Waals surface area (Å²) in [5.41, 5.74) is 0.991. The van der Waals surface area contributed by atoms with Gasteiger partial charge in [-0.2, -0.15) is 4.98 Å². The van der Waals surface area contributed by atoms with Crippen molar-refractivity contribution in [1.82, 2.24) is 15.0 Å². The number of hydrogen-bond donors (Lipinski definition) is 3. The summed E-state index contributed by atoms with van der Waals surface area (Å²) >= 11 is 1.54. The van der Waals surface area contributed by atoms with Crippen LogP contribution in [0.3, 0.4) is 0 Å². The molecule has 0 amide bonds. The molecule has 0 radical (unpaired) electrons. The molecular weight excluding hydrogens is 272 g/mol. The molecule has 3 N–H and O–H groups in total. The van der Waals surface area contributed by atoms with E-state index in [-0.39, 0.29) is 5.88 Å². The van der Waals surface area contributed by atoms with Crippen molar-refractivity contribution in [1.29, 1.82) is 0 Å². The Hall–Kier alpha value is -1.56. The lowest BCUT2D eigenvalue weighted by Gasteiger charge is -2.14. The van der Waals surface area contributed by atoms with Crippen LogP contribution in [0, 0.1) is 0 Å². The van der Waals surface area contributed by atoms with E-state index in [9.17, 15) is 5.11 Å². The summed E-state index contributed by atoms with van der Waals surface area (Å²) in [6, 6.07) is 0.503. The van der Waals surface area contributed by atoms with Gasteiger partial charge in [-0.15, -0.1) is 0 Å². The third-order valence-electron chi connectivity index (χ3n) is 3.77. The Balaban J connectivity index is 1.65. The number of rotatable bonds is 4. The van der Waals surface area contributed by atoms with Gasteiger partial charge in [0.25, 0.3) is 0 Å². The molecule has 0 aliphatic heterocycles. The highest BCUT2D eigenvalue weighted by atomic mass is 32.1. The molecule has 6 heteroatoms. The molecule has 2 heterocycles. The third kappa shape index (κ3) is 3.30. The summed E-state index contributed by atoms with van der Waals surface area (Å²) in [5, 5.41) is 14.3. The fourth-order valence-electron chi connectivity index (χ4n) is 2.67. The zero-order valence-electron chi connectivity index (χ0n) is 11.4. The van der Waals surface area contributed by atoms with E-state index in [4.69, 9.17) is 0 Å². The number of thiazole rings is 1. The first-order valence-electron chi connectivity index (χ1n) is 7.24. The van der Waals surface area contributed by atoms with Crippen molar-refractivity contribution in [2.45, 2.75) is 51.0 Å². The monoisotopic (exact) mass is 292 g/mol. The molecule has 1 aliphatic rings. The second kappa shape index (κ2) is 6.26. The Bertz CT molecular complexity index is 529. The Morgan fingerprint density at radius 2 is 2.10 bits per heavy atom. The fourth-order valence-corrected chi connectivity index (χ4v) is 3.63. The number of aromatic amines is 1. The van der Waals surface area contributed by atoms with Gasteiger partial charge >= 0.3 is 0 Å².